The SMILES string of the molecule is C#Cc1ccc(C#Cc2cc(CCCS(=O)(=O)[O-])ccc2CCCS(=O)(=O)[O-])cc1.[Na+].[Na+]. The van der Waals surface area contributed by atoms with Crippen molar-refractivity contribution >= 4 is 20.2 Å². The molecular weight excluding hydrogens is 470 g/mol. The molecule has 0 aromatic heterocycles. The van der Waals surface area contributed by atoms with Crippen LogP contribution in [0.3, 0.4) is 0 Å². The van der Waals surface area contributed by atoms with Gasteiger partial charge in [-0.05, 0) is 67.1 Å². The second-order valence-electron chi connectivity index (χ2n) is 6.69. The molecule has 0 heterocycles. The maximum absolute atomic E-state index is 10.9. The van der Waals surface area contributed by atoms with E-state index in [9.17, 15) is 25.9 Å². The van der Waals surface area contributed by atoms with Gasteiger partial charge in [0.25, 0.3) is 0 Å². The number of hydrogen-bond donors (Lipinski definition) is 0. The van der Waals surface area contributed by atoms with E-state index >= 15 is 0 Å². The van der Waals surface area contributed by atoms with Crippen LogP contribution in [0.5, 0.6) is 0 Å². The molecule has 158 valence electrons. The molecule has 2 aromatic carbocycles. The van der Waals surface area contributed by atoms with Crippen LogP contribution in [0.15, 0.2) is 42.5 Å². The maximum atomic E-state index is 10.9. The van der Waals surface area contributed by atoms with Crippen LogP contribution in [0, 0.1) is 24.2 Å². The van der Waals surface area contributed by atoms with Gasteiger partial charge in [0.2, 0.25) is 0 Å². The first-order valence-corrected chi connectivity index (χ1v) is 12.3. The Morgan fingerprint density at radius 1 is 0.750 bits per heavy atom. The minimum Gasteiger partial charge on any atom is -0.748 e. The van der Waals surface area contributed by atoms with E-state index in [2.05, 4.69) is 17.8 Å². The van der Waals surface area contributed by atoms with Crippen LogP contribution in [0.25, 0.3) is 0 Å². The molecule has 0 saturated carbocycles. The van der Waals surface area contributed by atoms with Gasteiger partial charge >= 0.3 is 59.1 Å². The van der Waals surface area contributed by atoms with Crippen molar-refractivity contribution in [1.82, 2.24) is 0 Å². The summed E-state index contributed by atoms with van der Waals surface area (Å²) in [5.74, 6) is 7.69. The molecule has 2 rings (SSSR count). The molecule has 0 aliphatic rings. The van der Waals surface area contributed by atoms with Crippen LogP contribution in [-0.4, -0.2) is 37.4 Å². The Morgan fingerprint density at radius 2 is 1.28 bits per heavy atom. The molecule has 6 nitrogen and oxygen atoms in total. The van der Waals surface area contributed by atoms with Gasteiger partial charge < -0.3 is 9.11 Å². The van der Waals surface area contributed by atoms with E-state index in [0.717, 1.165) is 22.3 Å². The van der Waals surface area contributed by atoms with Crippen molar-refractivity contribution in [2.24, 2.45) is 0 Å². The number of benzene rings is 2. The molecule has 0 fully saturated rings. The molecule has 32 heavy (non-hydrogen) atoms. The van der Waals surface area contributed by atoms with E-state index in [1.807, 2.05) is 0 Å². The molecule has 0 N–H and O–H groups in total. The molecule has 0 amide bonds. The van der Waals surface area contributed by atoms with Crippen molar-refractivity contribution in [2.75, 3.05) is 11.5 Å². The topological polar surface area (TPSA) is 114 Å². The van der Waals surface area contributed by atoms with E-state index in [0.29, 0.717) is 18.4 Å². The maximum Gasteiger partial charge on any atom is 1.00 e. The minimum absolute atomic E-state index is 0. The van der Waals surface area contributed by atoms with Gasteiger partial charge in [0.05, 0.1) is 20.2 Å². The molecule has 0 unspecified atom stereocenters. The van der Waals surface area contributed by atoms with E-state index in [4.69, 9.17) is 6.42 Å². The molecule has 0 aliphatic carbocycles. The quantitative estimate of drug-likeness (QED) is 0.212. The Bertz CT molecular complexity index is 1200. The van der Waals surface area contributed by atoms with Gasteiger partial charge in [0.15, 0.2) is 0 Å². The summed E-state index contributed by atoms with van der Waals surface area (Å²) in [4.78, 5) is 0. The first-order chi connectivity index (χ1) is 14.1. The minimum atomic E-state index is -4.29. The first kappa shape index (κ1) is 31.4. The van der Waals surface area contributed by atoms with E-state index < -0.39 is 31.7 Å². The van der Waals surface area contributed by atoms with Gasteiger partial charge in [0, 0.05) is 28.2 Å². The molecule has 0 radical (unpaired) electrons. The second kappa shape index (κ2) is 14.6. The Labute approximate surface area is 234 Å². The second-order valence-corrected chi connectivity index (χ2v) is 9.74. The van der Waals surface area contributed by atoms with Crippen LogP contribution >= 0.6 is 0 Å². The summed E-state index contributed by atoms with van der Waals surface area (Å²) < 4.78 is 64.9. The summed E-state index contributed by atoms with van der Waals surface area (Å²) in [6, 6.07) is 12.5. The zero-order valence-electron chi connectivity index (χ0n) is 18.1. The van der Waals surface area contributed by atoms with E-state index in [1.165, 1.54) is 0 Å². The van der Waals surface area contributed by atoms with E-state index in [1.54, 1.807) is 42.5 Å². The Morgan fingerprint density at radius 3 is 1.81 bits per heavy atom. The third kappa shape index (κ3) is 12.6. The van der Waals surface area contributed by atoms with Gasteiger partial charge in [-0.2, -0.15) is 0 Å². The van der Waals surface area contributed by atoms with Crippen LogP contribution in [-0.2, 0) is 33.1 Å². The average Bonchev–Trinajstić information content (AvgIpc) is 2.66. The van der Waals surface area contributed by atoms with E-state index in [-0.39, 0.29) is 72.0 Å². The molecule has 0 bridgehead atoms. The van der Waals surface area contributed by atoms with Crippen LogP contribution in [0.4, 0.5) is 0 Å². The normalized spacial score (nSPS) is 10.7. The van der Waals surface area contributed by atoms with Crippen molar-refractivity contribution in [3.05, 3.63) is 70.3 Å². The fourth-order valence-corrected chi connectivity index (χ4v) is 3.79. The van der Waals surface area contributed by atoms with Gasteiger partial charge in [-0.25, -0.2) is 16.8 Å². The molecule has 0 atom stereocenters. The number of rotatable bonds is 8. The van der Waals surface area contributed by atoms with Crippen molar-refractivity contribution in [3.8, 4) is 24.2 Å². The first-order valence-electron chi connectivity index (χ1n) is 9.13. The zero-order chi connectivity index (χ0) is 22.2. The molecule has 0 aliphatic heterocycles. The Balaban J connectivity index is 0.00000480. The third-order valence-electron chi connectivity index (χ3n) is 4.27. The van der Waals surface area contributed by atoms with Gasteiger partial charge in [0.1, 0.15) is 0 Å². The Hall–Kier alpha value is -0.620. The van der Waals surface area contributed by atoms with Gasteiger partial charge in [-0.1, -0.05) is 29.9 Å². The summed E-state index contributed by atoms with van der Waals surface area (Å²) in [7, 11) is -8.56. The summed E-state index contributed by atoms with van der Waals surface area (Å²) in [6.45, 7) is 0. The monoisotopic (exact) mass is 490 g/mol. The average molecular weight is 491 g/mol. The zero-order valence-corrected chi connectivity index (χ0v) is 23.8. The Kier molecular flexibility index (Phi) is 14.3. The predicted octanol–water partition coefficient (Wildman–Crippen LogP) is -3.97. The van der Waals surface area contributed by atoms with Gasteiger partial charge in [-0.15, -0.1) is 6.42 Å². The predicted molar refractivity (Wildman–Crippen MR) is 113 cm³/mol. The summed E-state index contributed by atoms with van der Waals surface area (Å²) in [6.07, 6.45) is 6.45. The molecule has 2 aromatic rings. The van der Waals surface area contributed by atoms with Crippen LogP contribution < -0.4 is 59.1 Å². The standard InChI is InChI=1S/C22H22O6S2.2Na/c1-2-18-7-9-19(10-8-18)11-14-22-17-20(5-3-15-29(23,24)25)12-13-21(22)6-4-16-30(26,27)28;;/h1,7-10,12-13,17H,3-6,15-16H2,(H,23,24,25)(H,26,27,28);;/q;2*+1/p-2. The number of terminal acetylenes is 1. The fraction of sp³-hybridized carbons (Fsp3) is 0.273. The summed E-state index contributed by atoms with van der Waals surface area (Å²) in [5, 5.41) is 0. The molecule has 0 saturated heterocycles. The summed E-state index contributed by atoms with van der Waals surface area (Å²) in [5.41, 5.74) is 3.72. The van der Waals surface area contributed by atoms with Crippen molar-refractivity contribution in [2.45, 2.75) is 25.7 Å². The largest absolute Gasteiger partial charge is 1.00 e. The van der Waals surface area contributed by atoms with Crippen molar-refractivity contribution in [1.29, 1.82) is 0 Å². The van der Waals surface area contributed by atoms with Crippen molar-refractivity contribution in [3.63, 3.8) is 0 Å². The number of hydrogen-bond acceptors (Lipinski definition) is 6. The summed E-state index contributed by atoms with van der Waals surface area (Å²) >= 11 is 0. The van der Waals surface area contributed by atoms with Crippen LogP contribution in [0.2, 0.25) is 0 Å². The molecular formula is C22H20Na2O6S2. The number of aryl methyl sites for hydroxylation is 2. The van der Waals surface area contributed by atoms with Crippen molar-refractivity contribution < 1.29 is 85.1 Å². The smallest absolute Gasteiger partial charge is 0.748 e. The molecule has 0 spiro atoms. The van der Waals surface area contributed by atoms with Gasteiger partial charge in [-0.3, -0.25) is 0 Å². The molecule has 10 heteroatoms. The van der Waals surface area contributed by atoms with Crippen LogP contribution in [0.1, 0.15) is 40.7 Å². The fourth-order valence-electron chi connectivity index (χ4n) is 2.80. The third-order valence-corrected chi connectivity index (χ3v) is 5.84.